The summed E-state index contributed by atoms with van der Waals surface area (Å²) in [6.07, 6.45) is 4.61. The first kappa shape index (κ1) is 23.0. The largest absolute Gasteiger partial charge is 0.427 e. The Hall–Kier alpha value is -3.19. The van der Waals surface area contributed by atoms with Crippen LogP contribution in [-0.2, 0) is 11.3 Å². The van der Waals surface area contributed by atoms with Gasteiger partial charge in [0.25, 0.3) is 0 Å². The van der Waals surface area contributed by atoms with Crippen LogP contribution >= 0.6 is 0 Å². The highest BCUT2D eigenvalue weighted by Crippen LogP contribution is 2.28. The zero-order valence-corrected chi connectivity index (χ0v) is 19.7. The molecule has 0 amide bonds. The topological polar surface area (TPSA) is 79.4 Å². The molecule has 0 aliphatic heterocycles. The van der Waals surface area contributed by atoms with Gasteiger partial charge in [-0.25, -0.2) is 4.98 Å². The molecule has 0 unspecified atom stereocenters. The van der Waals surface area contributed by atoms with Crippen LogP contribution in [0.25, 0.3) is 10.9 Å². The minimum Gasteiger partial charge on any atom is -0.427 e. The van der Waals surface area contributed by atoms with Crippen LogP contribution in [0.3, 0.4) is 0 Å². The summed E-state index contributed by atoms with van der Waals surface area (Å²) < 4.78 is 5.08. The van der Waals surface area contributed by atoms with E-state index in [9.17, 15) is 4.79 Å². The van der Waals surface area contributed by atoms with Gasteiger partial charge in [0.15, 0.2) is 0 Å². The number of anilines is 2. The van der Waals surface area contributed by atoms with Gasteiger partial charge in [0.2, 0.25) is 5.95 Å². The molecule has 0 saturated heterocycles. The second-order valence-corrected chi connectivity index (χ2v) is 9.01. The van der Waals surface area contributed by atoms with Crippen molar-refractivity contribution in [1.82, 2.24) is 15.3 Å². The summed E-state index contributed by atoms with van der Waals surface area (Å²) in [7, 11) is 4.04. The Morgan fingerprint density at radius 2 is 1.76 bits per heavy atom. The molecule has 2 aromatic carbocycles. The Morgan fingerprint density at radius 3 is 2.45 bits per heavy atom. The number of para-hydroxylation sites is 1. The van der Waals surface area contributed by atoms with Crippen molar-refractivity contribution in [2.24, 2.45) is 5.92 Å². The molecule has 1 aromatic heterocycles. The Morgan fingerprint density at radius 1 is 1.03 bits per heavy atom. The average molecular weight is 448 g/mol. The van der Waals surface area contributed by atoms with Crippen molar-refractivity contribution in [2.45, 2.75) is 45.2 Å². The quantitative estimate of drug-likeness (QED) is 0.392. The SMILES string of the molecule is CC(=O)Oc1ccc(CNC[C@H]2CC[C@@H](Nc3nc(N(C)C)c4ccccc4n3)CC2)cc1. The summed E-state index contributed by atoms with van der Waals surface area (Å²) in [5.74, 6) is 2.64. The number of aromatic nitrogens is 2. The number of carbonyl (C=O) groups excluding carboxylic acids is 1. The normalized spacial score (nSPS) is 18.2. The van der Waals surface area contributed by atoms with E-state index in [1.807, 2.05) is 61.5 Å². The van der Waals surface area contributed by atoms with Gasteiger partial charge in [0.1, 0.15) is 11.6 Å². The average Bonchev–Trinajstić information content (AvgIpc) is 2.80. The van der Waals surface area contributed by atoms with Crippen LogP contribution in [0.5, 0.6) is 5.75 Å². The molecular weight excluding hydrogens is 414 g/mol. The fourth-order valence-electron chi connectivity index (χ4n) is 4.42. The number of carbonyl (C=O) groups is 1. The van der Waals surface area contributed by atoms with Gasteiger partial charge in [-0.05, 0) is 68.0 Å². The fourth-order valence-corrected chi connectivity index (χ4v) is 4.42. The second-order valence-electron chi connectivity index (χ2n) is 9.01. The molecule has 7 nitrogen and oxygen atoms in total. The molecule has 1 aliphatic carbocycles. The van der Waals surface area contributed by atoms with Crippen LogP contribution in [0.1, 0.15) is 38.2 Å². The molecule has 174 valence electrons. The number of esters is 1. The number of ether oxygens (including phenoxy) is 1. The van der Waals surface area contributed by atoms with E-state index in [0.29, 0.717) is 17.7 Å². The van der Waals surface area contributed by atoms with Gasteiger partial charge in [-0.2, -0.15) is 4.98 Å². The third-order valence-electron chi connectivity index (χ3n) is 6.13. The summed E-state index contributed by atoms with van der Waals surface area (Å²) in [5.41, 5.74) is 2.16. The molecule has 1 fully saturated rings. The van der Waals surface area contributed by atoms with Gasteiger partial charge in [0, 0.05) is 39.0 Å². The van der Waals surface area contributed by atoms with Gasteiger partial charge >= 0.3 is 5.97 Å². The molecule has 3 aromatic rings. The Bertz CT molecular complexity index is 1080. The molecule has 1 aliphatic rings. The first-order valence-electron chi connectivity index (χ1n) is 11.7. The van der Waals surface area contributed by atoms with Crippen molar-refractivity contribution in [3.8, 4) is 5.75 Å². The number of fused-ring (bicyclic) bond motifs is 1. The smallest absolute Gasteiger partial charge is 0.308 e. The summed E-state index contributed by atoms with van der Waals surface area (Å²) >= 11 is 0. The van der Waals surface area contributed by atoms with Gasteiger partial charge in [-0.15, -0.1) is 0 Å². The number of nitrogens with one attached hydrogen (secondary N) is 2. The predicted octanol–water partition coefficient (Wildman–Crippen LogP) is 4.38. The standard InChI is InChI=1S/C26H33N5O2/c1-18(32)33-22-14-10-20(11-15-22)17-27-16-19-8-12-21(13-9-19)28-26-29-24-7-5-4-6-23(24)25(30-26)31(2)3/h4-7,10-11,14-15,19,21,27H,8-9,12-13,16-17H2,1-3H3,(H,28,29,30)/t19-,21+. The summed E-state index contributed by atoms with van der Waals surface area (Å²) in [6.45, 7) is 3.24. The van der Waals surface area contributed by atoms with E-state index in [-0.39, 0.29) is 5.97 Å². The summed E-state index contributed by atoms with van der Waals surface area (Å²) in [5, 5.41) is 8.24. The van der Waals surface area contributed by atoms with Gasteiger partial charge in [-0.3, -0.25) is 4.79 Å². The van der Waals surface area contributed by atoms with Gasteiger partial charge in [-0.1, -0.05) is 24.3 Å². The molecule has 7 heteroatoms. The fraction of sp³-hybridized carbons (Fsp3) is 0.423. The third kappa shape index (κ3) is 6.20. The number of nitrogens with zero attached hydrogens (tertiary/aromatic N) is 3. The molecule has 1 heterocycles. The van der Waals surface area contributed by atoms with Crippen molar-refractivity contribution in [3.05, 3.63) is 54.1 Å². The minimum atomic E-state index is -0.295. The van der Waals surface area contributed by atoms with E-state index >= 15 is 0 Å². The van der Waals surface area contributed by atoms with Crippen molar-refractivity contribution in [1.29, 1.82) is 0 Å². The Kier molecular flexibility index (Phi) is 7.40. The summed E-state index contributed by atoms with van der Waals surface area (Å²) in [4.78, 5) is 22.6. The van der Waals surface area contributed by atoms with E-state index < -0.39 is 0 Å². The van der Waals surface area contributed by atoms with Crippen LogP contribution in [-0.4, -0.2) is 42.6 Å². The maximum Gasteiger partial charge on any atom is 0.308 e. The minimum absolute atomic E-state index is 0.295. The molecular formula is C26H33N5O2. The van der Waals surface area contributed by atoms with Gasteiger partial charge < -0.3 is 20.3 Å². The monoisotopic (exact) mass is 447 g/mol. The lowest BCUT2D eigenvalue weighted by Gasteiger charge is -2.29. The highest BCUT2D eigenvalue weighted by Gasteiger charge is 2.22. The maximum atomic E-state index is 11.0. The molecule has 0 bridgehead atoms. The van der Waals surface area contributed by atoms with Gasteiger partial charge in [0.05, 0.1) is 5.52 Å². The second kappa shape index (κ2) is 10.6. The van der Waals surface area contributed by atoms with E-state index in [0.717, 1.165) is 48.6 Å². The van der Waals surface area contributed by atoms with Crippen molar-refractivity contribution >= 4 is 28.6 Å². The van der Waals surface area contributed by atoms with Crippen LogP contribution in [0.4, 0.5) is 11.8 Å². The Labute approximate surface area is 195 Å². The molecule has 0 spiro atoms. The number of rotatable bonds is 8. The van der Waals surface area contributed by atoms with E-state index in [2.05, 4.69) is 16.7 Å². The van der Waals surface area contributed by atoms with Crippen molar-refractivity contribution < 1.29 is 9.53 Å². The van der Waals surface area contributed by atoms with Crippen LogP contribution < -0.4 is 20.3 Å². The lowest BCUT2D eigenvalue weighted by molar-refractivity contribution is -0.131. The maximum absolute atomic E-state index is 11.0. The predicted molar refractivity (Wildman–Crippen MR) is 133 cm³/mol. The number of hydrogen-bond donors (Lipinski definition) is 2. The Balaban J connectivity index is 1.24. The highest BCUT2D eigenvalue weighted by molar-refractivity contribution is 5.90. The molecule has 33 heavy (non-hydrogen) atoms. The van der Waals surface area contributed by atoms with Crippen LogP contribution in [0.2, 0.25) is 0 Å². The molecule has 0 atom stereocenters. The van der Waals surface area contributed by atoms with E-state index in [4.69, 9.17) is 14.7 Å². The van der Waals surface area contributed by atoms with E-state index in [1.165, 1.54) is 25.3 Å². The first-order valence-corrected chi connectivity index (χ1v) is 11.7. The lowest BCUT2D eigenvalue weighted by Crippen LogP contribution is -2.31. The van der Waals surface area contributed by atoms with Crippen molar-refractivity contribution in [3.63, 3.8) is 0 Å². The summed E-state index contributed by atoms with van der Waals surface area (Å²) in [6, 6.07) is 16.2. The lowest BCUT2D eigenvalue weighted by atomic mass is 9.86. The highest BCUT2D eigenvalue weighted by atomic mass is 16.5. The molecule has 4 rings (SSSR count). The number of hydrogen-bond acceptors (Lipinski definition) is 7. The first-order chi connectivity index (χ1) is 16.0. The zero-order valence-electron chi connectivity index (χ0n) is 19.7. The third-order valence-corrected chi connectivity index (χ3v) is 6.13. The molecule has 0 radical (unpaired) electrons. The number of benzene rings is 2. The van der Waals surface area contributed by atoms with Crippen LogP contribution in [0, 0.1) is 5.92 Å². The van der Waals surface area contributed by atoms with E-state index in [1.54, 1.807) is 0 Å². The molecule has 2 N–H and O–H groups in total. The van der Waals surface area contributed by atoms with Crippen LogP contribution in [0.15, 0.2) is 48.5 Å². The van der Waals surface area contributed by atoms with Crippen molar-refractivity contribution in [2.75, 3.05) is 30.9 Å². The molecule has 1 saturated carbocycles. The zero-order chi connectivity index (χ0) is 23.2.